The lowest BCUT2D eigenvalue weighted by atomic mass is 10.2. The lowest BCUT2D eigenvalue weighted by Gasteiger charge is -2.15. The third kappa shape index (κ3) is 2.96. The molecule has 2 aromatic rings. The third-order valence-electron chi connectivity index (χ3n) is 3.54. The molecule has 1 aromatic heterocycles. The number of carbonyl (C=O) groups excluding carboxylic acids is 1. The molecular formula is C15H18N2OS. The lowest BCUT2D eigenvalue weighted by molar-refractivity contribution is -0.119. The number of hydrogen-bond acceptors (Lipinski definition) is 3. The summed E-state index contributed by atoms with van der Waals surface area (Å²) in [5.74, 6) is 0.0775. The Labute approximate surface area is 117 Å². The van der Waals surface area contributed by atoms with E-state index in [0.717, 1.165) is 26.1 Å². The summed E-state index contributed by atoms with van der Waals surface area (Å²) in [5, 5.41) is 4.34. The summed E-state index contributed by atoms with van der Waals surface area (Å²) in [6, 6.07) is 11.1. The Balaban J connectivity index is 1.64. The number of amides is 1. The van der Waals surface area contributed by atoms with Crippen LogP contribution in [-0.4, -0.2) is 29.9 Å². The molecule has 3 nitrogen and oxygen atoms in total. The molecule has 1 unspecified atom stereocenters. The van der Waals surface area contributed by atoms with E-state index >= 15 is 0 Å². The van der Waals surface area contributed by atoms with Gasteiger partial charge in [-0.05, 0) is 23.9 Å². The highest BCUT2D eigenvalue weighted by atomic mass is 32.1. The molecule has 1 amide bonds. The summed E-state index contributed by atoms with van der Waals surface area (Å²) in [5.41, 5.74) is 0. The van der Waals surface area contributed by atoms with E-state index in [1.165, 1.54) is 15.0 Å². The Hall–Kier alpha value is -1.39. The highest BCUT2D eigenvalue weighted by molar-refractivity contribution is 7.19. The maximum Gasteiger partial charge on any atom is 0.217 e. The van der Waals surface area contributed by atoms with E-state index in [1.807, 2.05) is 11.3 Å². The van der Waals surface area contributed by atoms with Gasteiger partial charge in [0.05, 0.1) is 0 Å². The van der Waals surface area contributed by atoms with Gasteiger partial charge in [-0.25, -0.2) is 0 Å². The SMILES string of the molecule is CC(=O)NC1CCN(Cc2cc3ccccc3s2)C1. The zero-order valence-corrected chi connectivity index (χ0v) is 11.9. The van der Waals surface area contributed by atoms with Gasteiger partial charge in [0, 0.05) is 42.2 Å². The van der Waals surface area contributed by atoms with Gasteiger partial charge >= 0.3 is 0 Å². The fourth-order valence-electron chi connectivity index (χ4n) is 2.72. The predicted molar refractivity (Wildman–Crippen MR) is 79.3 cm³/mol. The second kappa shape index (κ2) is 5.31. The van der Waals surface area contributed by atoms with Gasteiger partial charge in [-0.1, -0.05) is 18.2 Å². The molecule has 1 atom stereocenters. The van der Waals surface area contributed by atoms with E-state index in [9.17, 15) is 4.79 Å². The van der Waals surface area contributed by atoms with Crippen LogP contribution >= 0.6 is 11.3 Å². The monoisotopic (exact) mass is 274 g/mol. The standard InChI is InChI=1S/C15H18N2OS/c1-11(18)16-13-6-7-17(9-13)10-14-8-12-4-2-3-5-15(12)19-14/h2-5,8,13H,6-7,9-10H2,1H3,(H,16,18). The van der Waals surface area contributed by atoms with Crippen LogP contribution in [0, 0.1) is 0 Å². The van der Waals surface area contributed by atoms with Crippen LogP contribution in [0.2, 0.25) is 0 Å². The number of thiophene rings is 1. The molecular weight excluding hydrogens is 256 g/mol. The maximum absolute atomic E-state index is 11.1. The first-order valence-corrected chi connectivity index (χ1v) is 7.49. The number of rotatable bonds is 3. The quantitative estimate of drug-likeness (QED) is 0.933. The summed E-state index contributed by atoms with van der Waals surface area (Å²) in [7, 11) is 0. The lowest BCUT2D eigenvalue weighted by Crippen LogP contribution is -2.35. The molecule has 19 heavy (non-hydrogen) atoms. The van der Waals surface area contributed by atoms with E-state index in [4.69, 9.17) is 0 Å². The molecule has 0 radical (unpaired) electrons. The highest BCUT2D eigenvalue weighted by Gasteiger charge is 2.23. The largest absolute Gasteiger partial charge is 0.352 e. The summed E-state index contributed by atoms with van der Waals surface area (Å²) < 4.78 is 1.36. The van der Waals surface area contributed by atoms with Gasteiger partial charge in [0.1, 0.15) is 0 Å². The topological polar surface area (TPSA) is 32.3 Å². The number of likely N-dealkylation sites (tertiary alicyclic amines) is 1. The van der Waals surface area contributed by atoms with Gasteiger partial charge < -0.3 is 5.32 Å². The van der Waals surface area contributed by atoms with Crippen LogP contribution < -0.4 is 5.32 Å². The van der Waals surface area contributed by atoms with Crippen molar-refractivity contribution in [2.45, 2.75) is 25.9 Å². The van der Waals surface area contributed by atoms with Crippen molar-refractivity contribution in [2.24, 2.45) is 0 Å². The molecule has 0 bridgehead atoms. The number of hydrogen-bond donors (Lipinski definition) is 1. The fourth-order valence-corrected chi connectivity index (χ4v) is 3.82. The minimum absolute atomic E-state index is 0.0775. The Morgan fingerprint density at radius 1 is 1.47 bits per heavy atom. The summed E-state index contributed by atoms with van der Waals surface area (Å²) in [6.45, 7) is 4.62. The van der Waals surface area contributed by atoms with Crippen molar-refractivity contribution in [1.29, 1.82) is 0 Å². The van der Waals surface area contributed by atoms with E-state index in [-0.39, 0.29) is 5.91 Å². The van der Waals surface area contributed by atoms with Crippen LogP contribution in [-0.2, 0) is 11.3 Å². The number of carbonyl (C=O) groups is 1. The molecule has 1 aliphatic rings. The van der Waals surface area contributed by atoms with Crippen LogP contribution in [0.1, 0.15) is 18.2 Å². The van der Waals surface area contributed by atoms with E-state index in [2.05, 4.69) is 40.5 Å². The van der Waals surface area contributed by atoms with E-state index < -0.39 is 0 Å². The van der Waals surface area contributed by atoms with Gasteiger partial charge in [0.15, 0.2) is 0 Å². The van der Waals surface area contributed by atoms with Gasteiger partial charge in [-0.15, -0.1) is 11.3 Å². The average molecular weight is 274 g/mol. The zero-order chi connectivity index (χ0) is 13.2. The van der Waals surface area contributed by atoms with Crippen molar-refractivity contribution in [3.8, 4) is 0 Å². The first kappa shape index (κ1) is 12.6. The molecule has 0 saturated carbocycles. The van der Waals surface area contributed by atoms with Crippen LogP contribution in [0.4, 0.5) is 0 Å². The van der Waals surface area contributed by atoms with Gasteiger partial charge in [0.2, 0.25) is 5.91 Å². The average Bonchev–Trinajstić information content (AvgIpc) is 2.94. The van der Waals surface area contributed by atoms with Crippen molar-refractivity contribution < 1.29 is 4.79 Å². The Kier molecular flexibility index (Phi) is 3.53. The van der Waals surface area contributed by atoms with Gasteiger partial charge in [-0.2, -0.15) is 0 Å². The van der Waals surface area contributed by atoms with Crippen LogP contribution in [0.25, 0.3) is 10.1 Å². The Morgan fingerprint density at radius 3 is 3.11 bits per heavy atom. The molecule has 1 fully saturated rings. The van der Waals surface area contributed by atoms with Crippen LogP contribution in [0.3, 0.4) is 0 Å². The summed E-state index contributed by atoms with van der Waals surface area (Å²) >= 11 is 1.87. The number of fused-ring (bicyclic) bond motifs is 1. The fraction of sp³-hybridized carbons (Fsp3) is 0.400. The van der Waals surface area contributed by atoms with Crippen molar-refractivity contribution in [3.63, 3.8) is 0 Å². The van der Waals surface area contributed by atoms with Gasteiger partial charge in [-0.3, -0.25) is 9.69 Å². The van der Waals surface area contributed by atoms with Crippen molar-refractivity contribution >= 4 is 27.3 Å². The molecule has 1 aromatic carbocycles. The number of nitrogens with one attached hydrogen (secondary N) is 1. The normalized spacial score (nSPS) is 19.9. The number of nitrogens with zero attached hydrogens (tertiary/aromatic N) is 1. The van der Waals surface area contributed by atoms with Gasteiger partial charge in [0.25, 0.3) is 0 Å². The van der Waals surface area contributed by atoms with Crippen molar-refractivity contribution in [1.82, 2.24) is 10.2 Å². The van der Waals surface area contributed by atoms with E-state index in [0.29, 0.717) is 6.04 Å². The van der Waals surface area contributed by atoms with Crippen LogP contribution in [0.5, 0.6) is 0 Å². The van der Waals surface area contributed by atoms with Crippen LogP contribution in [0.15, 0.2) is 30.3 Å². The third-order valence-corrected chi connectivity index (χ3v) is 4.64. The summed E-state index contributed by atoms with van der Waals surface area (Å²) in [6.07, 6.45) is 1.06. The first-order chi connectivity index (χ1) is 9.20. The van der Waals surface area contributed by atoms with Crippen molar-refractivity contribution in [3.05, 3.63) is 35.2 Å². The minimum atomic E-state index is 0.0775. The molecule has 1 saturated heterocycles. The Bertz CT molecular complexity index is 560. The minimum Gasteiger partial charge on any atom is -0.352 e. The molecule has 0 spiro atoms. The number of benzene rings is 1. The molecule has 3 rings (SSSR count). The second-order valence-corrected chi connectivity index (χ2v) is 6.34. The molecule has 1 aliphatic heterocycles. The second-order valence-electron chi connectivity index (χ2n) is 5.17. The summed E-state index contributed by atoms with van der Waals surface area (Å²) in [4.78, 5) is 14.9. The first-order valence-electron chi connectivity index (χ1n) is 6.67. The molecule has 4 heteroatoms. The molecule has 0 aliphatic carbocycles. The molecule has 2 heterocycles. The maximum atomic E-state index is 11.1. The van der Waals surface area contributed by atoms with Crippen molar-refractivity contribution in [2.75, 3.05) is 13.1 Å². The Morgan fingerprint density at radius 2 is 2.32 bits per heavy atom. The highest BCUT2D eigenvalue weighted by Crippen LogP contribution is 2.27. The molecule has 1 N–H and O–H groups in total. The van der Waals surface area contributed by atoms with E-state index in [1.54, 1.807) is 6.92 Å². The molecule has 100 valence electrons. The smallest absolute Gasteiger partial charge is 0.217 e. The zero-order valence-electron chi connectivity index (χ0n) is 11.1. The predicted octanol–water partition coefficient (Wildman–Crippen LogP) is 2.61.